The molecule has 5 heteroatoms. The van der Waals surface area contributed by atoms with Crippen molar-refractivity contribution >= 4 is 8.25 Å². The van der Waals surface area contributed by atoms with E-state index in [4.69, 9.17) is 9.05 Å². The van der Waals surface area contributed by atoms with Gasteiger partial charge >= 0.3 is 8.25 Å². The van der Waals surface area contributed by atoms with Crippen LogP contribution in [0.1, 0.15) is 30.9 Å². The second-order valence-electron chi connectivity index (χ2n) is 3.86. The summed E-state index contributed by atoms with van der Waals surface area (Å²) in [7, 11) is -2.39. The molecule has 0 aromatic heterocycles. The summed E-state index contributed by atoms with van der Waals surface area (Å²) in [5, 5.41) is 9.34. The van der Waals surface area contributed by atoms with Crippen molar-refractivity contribution in [3.05, 3.63) is 29.3 Å². The third kappa shape index (κ3) is 5.35. The summed E-state index contributed by atoms with van der Waals surface area (Å²) in [5.41, 5.74) is 1.65. The first-order valence-corrected chi connectivity index (χ1v) is 6.94. The number of rotatable bonds is 7. The monoisotopic (exact) mass is 258 g/mol. The van der Waals surface area contributed by atoms with Crippen LogP contribution < -0.4 is 0 Å². The number of phenolic OH excluding ortho intramolecular Hbond substituents is 1. The van der Waals surface area contributed by atoms with E-state index in [-0.39, 0.29) is 12.4 Å². The van der Waals surface area contributed by atoms with Gasteiger partial charge in [0, 0.05) is 0 Å². The van der Waals surface area contributed by atoms with Gasteiger partial charge in [-0.25, -0.2) is 0 Å². The Morgan fingerprint density at radius 3 is 2.76 bits per heavy atom. The molecule has 0 aliphatic carbocycles. The summed E-state index contributed by atoms with van der Waals surface area (Å²) in [4.78, 5) is 0. The summed E-state index contributed by atoms with van der Waals surface area (Å²) in [6.07, 6.45) is 1.89. The molecule has 1 unspecified atom stereocenters. The van der Waals surface area contributed by atoms with Crippen molar-refractivity contribution in [1.29, 1.82) is 0 Å². The molecule has 0 fully saturated rings. The van der Waals surface area contributed by atoms with Gasteiger partial charge in [-0.2, -0.15) is 0 Å². The zero-order chi connectivity index (χ0) is 12.7. The quantitative estimate of drug-likeness (QED) is 0.601. The molecule has 0 aliphatic heterocycles. The van der Waals surface area contributed by atoms with Gasteiger partial charge in [-0.05, 0) is 30.5 Å². The van der Waals surface area contributed by atoms with Crippen LogP contribution in [0.15, 0.2) is 18.2 Å². The number of hydrogen-bond donors (Lipinski definition) is 1. The Kier molecular flexibility index (Phi) is 6.27. The SMILES string of the molecule is CCCCO[PH](=O)OCc1ccc(O)c(C)c1. The minimum atomic E-state index is -2.39. The topological polar surface area (TPSA) is 55.8 Å². The maximum Gasteiger partial charge on any atom is 0.319 e. The largest absolute Gasteiger partial charge is 0.508 e. The lowest BCUT2D eigenvalue weighted by atomic mass is 10.1. The first-order chi connectivity index (χ1) is 8.13. The maximum absolute atomic E-state index is 11.3. The lowest BCUT2D eigenvalue weighted by molar-refractivity contribution is 0.217. The molecule has 0 spiro atoms. The van der Waals surface area contributed by atoms with Crippen LogP contribution in [0.4, 0.5) is 0 Å². The van der Waals surface area contributed by atoms with Crippen LogP contribution in [0.5, 0.6) is 5.75 Å². The predicted molar refractivity (Wildman–Crippen MR) is 67.5 cm³/mol. The Bertz CT molecular complexity index is 379. The van der Waals surface area contributed by atoms with Crippen LogP contribution in [0.2, 0.25) is 0 Å². The molecule has 0 amide bonds. The highest BCUT2D eigenvalue weighted by Crippen LogP contribution is 2.27. The van der Waals surface area contributed by atoms with Crippen molar-refractivity contribution in [2.24, 2.45) is 0 Å². The number of phenols is 1. The van der Waals surface area contributed by atoms with Crippen molar-refractivity contribution < 1.29 is 18.7 Å². The highest BCUT2D eigenvalue weighted by atomic mass is 31.1. The Morgan fingerprint density at radius 1 is 1.35 bits per heavy atom. The number of hydrogen-bond acceptors (Lipinski definition) is 4. The molecule has 1 atom stereocenters. The molecule has 17 heavy (non-hydrogen) atoms. The van der Waals surface area contributed by atoms with Crippen LogP contribution in [0.25, 0.3) is 0 Å². The van der Waals surface area contributed by atoms with Crippen molar-refractivity contribution in [1.82, 2.24) is 0 Å². The average molecular weight is 258 g/mol. The molecule has 0 bridgehead atoms. The third-order valence-corrected chi connectivity index (χ3v) is 3.16. The fourth-order valence-corrected chi connectivity index (χ4v) is 1.97. The van der Waals surface area contributed by atoms with Crippen molar-refractivity contribution in [2.75, 3.05) is 6.61 Å². The van der Waals surface area contributed by atoms with Gasteiger partial charge < -0.3 is 14.2 Å². The first kappa shape index (κ1) is 14.2. The molecular formula is C12H19O4P. The standard InChI is InChI=1S/C12H19O4P/c1-3-4-7-15-17(14)16-9-11-5-6-12(13)10(2)8-11/h5-6,8,13,17H,3-4,7,9H2,1-2H3. The molecule has 0 saturated heterocycles. The van der Waals surface area contributed by atoms with Crippen LogP contribution in [0.3, 0.4) is 0 Å². The molecule has 0 aliphatic rings. The van der Waals surface area contributed by atoms with Crippen molar-refractivity contribution in [3.63, 3.8) is 0 Å². The molecule has 1 aromatic rings. The van der Waals surface area contributed by atoms with Crippen LogP contribution in [-0.2, 0) is 20.2 Å². The third-order valence-electron chi connectivity index (χ3n) is 2.34. The fourth-order valence-electron chi connectivity index (χ4n) is 1.29. The summed E-state index contributed by atoms with van der Waals surface area (Å²) in [5.74, 6) is 0.251. The van der Waals surface area contributed by atoms with Crippen LogP contribution in [-0.4, -0.2) is 11.7 Å². The van der Waals surface area contributed by atoms with Crippen LogP contribution >= 0.6 is 8.25 Å². The number of benzene rings is 1. The lowest BCUT2D eigenvalue weighted by Crippen LogP contribution is -1.90. The molecule has 0 saturated carbocycles. The van der Waals surface area contributed by atoms with Crippen molar-refractivity contribution in [3.8, 4) is 5.75 Å². The Morgan fingerprint density at radius 2 is 2.12 bits per heavy atom. The zero-order valence-electron chi connectivity index (χ0n) is 10.2. The highest BCUT2D eigenvalue weighted by molar-refractivity contribution is 7.33. The smallest absolute Gasteiger partial charge is 0.319 e. The maximum atomic E-state index is 11.3. The summed E-state index contributed by atoms with van der Waals surface area (Å²) >= 11 is 0. The fraction of sp³-hybridized carbons (Fsp3) is 0.500. The Labute approximate surface area is 103 Å². The van der Waals surface area contributed by atoms with E-state index in [2.05, 4.69) is 0 Å². The molecule has 1 N–H and O–H groups in total. The van der Waals surface area contributed by atoms with Gasteiger partial charge in [0.15, 0.2) is 0 Å². The highest BCUT2D eigenvalue weighted by Gasteiger charge is 2.02. The van der Waals surface area contributed by atoms with E-state index in [1.165, 1.54) is 0 Å². The number of aryl methyl sites for hydroxylation is 1. The van der Waals surface area contributed by atoms with Gasteiger partial charge in [-0.3, -0.25) is 4.57 Å². The van der Waals surface area contributed by atoms with E-state index >= 15 is 0 Å². The van der Waals surface area contributed by atoms with Crippen molar-refractivity contribution in [2.45, 2.75) is 33.3 Å². The van der Waals surface area contributed by atoms with E-state index in [1.807, 2.05) is 6.92 Å². The molecule has 1 rings (SSSR count). The van der Waals surface area contributed by atoms with E-state index in [0.717, 1.165) is 24.0 Å². The summed E-state index contributed by atoms with van der Waals surface area (Å²) in [6, 6.07) is 5.14. The molecule has 96 valence electrons. The van der Waals surface area contributed by atoms with E-state index < -0.39 is 8.25 Å². The van der Waals surface area contributed by atoms with Gasteiger partial charge in [-0.1, -0.05) is 25.5 Å². The normalized spacial score (nSPS) is 12.6. The minimum absolute atomic E-state index is 0.241. The zero-order valence-corrected chi connectivity index (χ0v) is 11.2. The van der Waals surface area contributed by atoms with Gasteiger partial charge in [-0.15, -0.1) is 0 Å². The number of aromatic hydroxyl groups is 1. The van der Waals surface area contributed by atoms with Gasteiger partial charge in [0.25, 0.3) is 0 Å². The van der Waals surface area contributed by atoms with Crippen LogP contribution in [0, 0.1) is 6.92 Å². The van der Waals surface area contributed by atoms with E-state index in [9.17, 15) is 9.67 Å². The molecule has 0 radical (unpaired) electrons. The first-order valence-electron chi connectivity index (χ1n) is 5.71. The summed E-state index contributed by atoms with van der Waals surface area (Å²) in [6.45, 7) is 4.56. The molecule has 1 aromatic carbocycles. The number of unbranched alkanes of at least 4 members (excludes halogenated alkanes) is 1. The van der Waals surface area contributed by atoms with E-state index in [1.54, 1.807) is 25.1 Å². The second kappa shape index (κ2) is 7.49. The minimum Gasteiger partial charge on any atom is -0.508 e. The second-order valence-corrected chi connectivity index (χ2v) is 4.94. The average Bonchev–Trinajstić information content (AvgIpc) is 2.31. The van der Waals surface area contributed by atoms with Gasteiger partial charge in [0.2, 0.25) is 0 Å². The van der Waals surface area contributed by atoms with E-state index in [0.29, 0.717) is 6.61 Å². The summed E-state index contributed by atoms with van der Waals surface area (Å²) < 4.78 is 21.5. The molecular weight excluding hydrogens is 239 g/mol. The predicted octanol–water partition coefficient (Wildman–Crippen LogP) is 3.42. The molecule has 0 heterocycles. The van der Waals surface area contributed by atoms with Gasteiger partial charge in [0.1, 0.15) is 5.75 Å². The Hall–Kier alpha value is -0.830. The molecule has 4 nitrogen and oxygen atoms in total. The van der Waals surface area contributed by atoms with Gasteiger partial charge in [0.05, 0.1) is 13.2 Å². The lowest BCUT2D eigenvalue weighted by Gasteiger charge is -2.06. The Balaban J connectivity index is 2.34.